The number of aromatic nitrogens is 6. The van der Waals surface area contributed by atoms with Crippen molar-refractivity contribution >= 4 is 33.9 Å². The minimum Gasteiger partial charge on any atom is -0.358 e. The van der Waals surface area contributed by atoms with Crippen molar-refractivity contribution in [1.29, 1.82) is 0 Å². The molecule has 5 rings (SSSR count). The van der Waals surface area contributed by atoms with E-state index in [4.69, 9.17) is 4.98 Å². The van der Waals surface area contributed by atoms with Crippen molar-refractivity contribution in [3.8, 4) is 0 Å². The molecule has 1 atom stereocenters. The Morgan fingerprint density at radius 2 is 2.14 bits per heavy atom. The van der Waals surface area contributed by atoms with Gasteiger partial charge < -0.3 is 20.2 Å². The van der Waals surface area contributed by atoms with Crippen LogP contribution in [0.25, 0.3) is 22.2 Å². The monoisotopic (exact) mass is 376 g/mol. The summed E-state index contributed by atoms with van der Waals surface area (Å²) in [5.74, 6) is 1.46. The fourth-order valence-electron chi connectivity index (χ4n) is 3.64. The predicted molar refractivity (Wildman–Crippen MR) is 105 cm³/mol. The third-order valence-electron chi connectivity index (χ3n) is 5.08. The summed E-state index contributed by atoms with van der Waals surface area (Å²) in [4.78, 5) is 33.0. The van der Waals surface area contributed by atoms with E-state index in [1.165, 1.54) is 6.33 Å². The van der Waals surface area contributed by atoms with E-state index in [2.05, 4.69) is 35.1 Å². The highest BCUT2D eigenvalue weighted by atomic mass is 16.1. The number of para-hydroxylation sites is 1. The van der Waals surface area contributed by atoms with E-state index in [0.717, 1.165) is 35.2 Å². The molecule has 4 aromatic rings. The molecule has 3 aromatic heterocycles. The minimum absolute atomic E-state index is 0.102. The molecule has 0 saturated heterocycles. The lowest BCUT2D eigenvalue weighted by atomic mass is 10.1. The van der Waals surface area contributed by atoms with Crippen LogP contribution in [0.1, 0.15) is 48.0 Å². The standard InChI is InChI=1S/C19H20N8O/c1-10(25-17-14-16(22-8-21-14)23-9-24-17)18-26-13-5-3-4-12(19(28)20-2)15(13)27(18)11-6-7-11/h3-5,8-11H,6-7H2,1-2H3,(H,20,28)(H2,21,22,23,24,25). The highest BCUT2D eigenvalue weighted by Gasteiger charge is 2.32. The number of H-pyrrole nitrogens is 1. The average molecular weight is 376 g/mol. The SMILES string of the molecule is CNC(=O)c1cccc2nc(C(C)Nc3ncnc4nc[nH]c34)n(C3CC3)c12. The number of amides is 1. The van der Waals surface area contributed by atoms with E-state index in [1.807, 2.05) is 25.1 Å². The molecule has 1 fully saturated rings. The second kappa shape index (κ2) is 6.29. The maximum atomic E-state index is 12.4. The summed E-state index contributed by atoms with van der Waals surface area (Å²) in [7, 11) is 1.65. The van der Waals surface area contributed by atoms with Gasteiger partial charge in [0.05, 0.1) is 29.0 Å². The Bertz CT molecular complexity index is 1190. The summed E-state index contributed by atoms with van der Waals surface area (Å²) in [6.45, 7) is 2.05. The largest absolute Gasteiger partial charge is 0.358 e. The number of imidazole rings is 2. The number of nitrogens with zero attached hydrogens (tertiary/aromatic N) is 5. The zero-order valence-corrected chi connectivity index (χ0v) is 15.6. The summed E-state index contributed by atoms with van der Waals surface area (Å²) in [6.07, 6.45) is 5.27. The fourth-order valence-corrected chi connectivity index (χ4v) is 3.64. The lowest BCUT2D eigenvalue weighted by Gasteiger charge is -2.17. The first kappa shape index (κ1) is 16.7. The van der Waals surface area contributed by atoms with Gasteiger partial charge in [-0.3, -0.25) is 4.79 Å². The molecule has 142 valence electrons. The van der Waals surface area contributed by atoms with Crippen LogP contribution in [0.3, 0.4) is 0 Å². The molecule has 3 heterocycles. The van der Waals surface area contributed by atoms with Gasteiger partial charge in [0.2, 0.25) is 0 Å². The van der Waals surface area contributed by atoms with Crippen molar-refractivity contribution in [1.82, 2.24) is 34.8 Å². The van der Waals surface area contributed by atoms with Crippen LogP contribution in [-0.4, -0.2) is 42.4 Å². The summed E-state index contributed by atoms with van der Waals surface area (Å²) >= 11 is 0. The molecule has 0 aliphatic heterocycles. The highest BCUT2D eigenvalue weighted by Crippen LogP contribution is 2.41. The zero-order chi connectivity index (χ0) is 19.3. The van der Waals surface area contributed by atoms with Crippen molar-refractivity contribution in [2.45, 2.75) is 31.8 Å². The van der Waals surface area contributed by atoms with Crippen molar-refractivity contribution in [3.05, 3.63) is 42.2 Å². The molecule has 9 heteroatoms. The topological polar surface area (TPSA) is 113 Å². The molecule has 3 N–H and O–H groups in total. The summed E-state index contributed by atoms with van der Waals surface area (Å²) in [5, 5.41) is 6.16. The van der Waals surface area contributed by atoms with E-state index >= 15 is 0 Å². The van der Waals surface area contributed by atoms with Crippen LogP contribution >= 0.6 is 0 Å². The van der Waals surface area contributed by atoms with E-state index in [-0.39, 0.29) is 11.9 Å². The lowest BCUT2D eigenvalue weighted by molar-refractivity contribution is 0.0964. The van der Waals surface area contributed by atoms with Crippen molar-refractivity contribution in [2.75, 3.05) is 12.4 Å². The summed E-state index contributed by atoms with van der Waals surface area (Å²) in [6, 6.07) is 5.92. The molecule has 0 bridgehead atoms. The maximum absolute atomic E-state index is 12.4. The normalized spacial score (nSPS) is 15.1. The smallest absolute Gasteiger partial charge is 0.253 e. The van der Waals surface area contributed by atoms with Gasteiger partial charge in [0.25, 0.3) is 5.91 Å². The maximum Gasteiger partial charge on any atom is 0.253 e. The third-order valence-corrected chi connectivity index (χ3v) is 5.08. The first-order valence-corrected chi connectivity index (χ1v) is 9.31. The van der Waals surface area contributed by atoms with E-state index in [1.54, 1.807) is 13.4 Å². The van der Waals surface area contributed by atoms with E-state index in [0.29, 0.717) is 23.1 Å². The van der Waals surface area contributed by atoms with Crippen LogP contribution in [0, 0.1) is 0 Å². The van der Waals surface area contributed by atoms with Crippen molar-refractivity contribution < 1.29 is 4.79 Å². The van der Waals surface area contributed by atoms with Crippen LogP contribution < -0.4 is 10.6 Å². The van der Waals surface area contributed by atoms with E-state index < -0.39 is 0 Å². The van der Waals surface area contributed by atoms with Gasteiger partial charge in [-0.1, -0.05) is 6.07 Å². The number of carbonyl (C=O) groups excluding carboxylic acids is 1. The molecule has 1 aliphatic rings. The fraction of sp³-hybridized carbons (Fsp3) is 0.316. The van der Waals surface area contributed by atoms with Crippen LogP contribution in [-0.2, 0) is 0 Å². The number of aromatic amines is 1. The number of nitrogens with one attached hydrogen (secondary N) is 3. The van der Waals surface area contributed by atoms with Crippen LogP contribution in [0.15, 0.2) is 30.9 Å². The molecular weight excluding hydrogens is 356 g/mol. The molecule has 0 radical (unpaired) electrons. The first-order chi connectivity index (χ1) is 13.7. The van der Waals surface area contributed by atoms with Gasteiger partial charge in [-0.25, -0.2) is 19.9 Å². The average Bonchev–Trinajstić information content (AvgIpc) is 3.28. The van der Waals surface area contributed by atoms with Gasteiger partial charge in [0.1, 0.15) is 17.7 Å². The molecule has 1 saturated carbocycles. The van der Waals surface area contributed by atoms with Crippen LogP contribution in [0.2, 0.25) is 0 Å². The Morgan fingerprint density at radius 3 is 2.93 bits per heavy atom. The number of anilines is 1. The summed E-state index contributed by atoms with van der Waals surface area (Å²) in [5.41, 5.74) is 3.74. The minimum atomic E-state index is -0.119. The van der Waals surface area contributed by atoms with Crippen molar-refractivity contribution in [3.63, 3.8) is 0 Å². The summed E-state index contributed by atoms with van der Waals surface area (Å²) < 4.78 is 2.21. The molecule has 28 heavy (non-hydrogen) atoms. The molecule has 1 amide bonds. The second-order valence-electron chi connectivity index (χ2n) is 7.01. The van der Waals surface area contributed by atoms with Gasteiger partial charge in [-0.2, -0.15) is 0 Å². The van der Waals surface area contributed by atoms with Crippen molar-refractivity contribution in [2.24, 2.45) is 0 Å². The Hall–Kier alpha value is -3.49. The van der Waals surface area contributed by atoms with Crippen LogP contribution in [0.5, 0.6) is 0 Å². The first-order valence-electron chi connectivity index (χ1n) is 9.31. The molecular formula is C19H20N8O. The molecule has 9 nitrogen and oxygen atoms in total. The third kappa shape index (κ3) is 2.58. The number of fused-ring (bicyclic) bond motifs is 2. The van der Waals surface area contributed by atoms with Gasteiger partial charge in [0.15, 0.2) is 11.5 Å². The lowest BCUT2D eigenvalue weighted by Crippen LogP contribution is -2.19. The van der Waals surface area contributed by atoms with Gasteiger partial charge >= 0.3 is 0 Å². The number of hydrogen-bond donors (Lipinski definition) is 3. The highest BCUT2D eigenvalue weighted by molar-refractivity contribution is 6.05. The van der Waals surface area contributed by atoms with Gasteiger partial charge in [-0.15, -0.1) is 0 Å². The Balaban J connectivity index is 1.61. The Kier molecular flexibility index (Phi) is 3.75. The molecule has 1 aliphatic carbocycles. The zero-order valence-electron chi connectivity index (χ0n) is 15.6. The molecule has 1 aromatic carbocycles. The number of rotatable bonds is 5. The number of hydrogen-bond acceptors (Lipinski definition) is 6. The number of benzene rings is 1. The number of carbonyl (C=O) groups is 1. The quantitative estimate of drug-likeness (QED) is 0.493. The Morgan fingerprint density at radius 1 is 1.29 bits per heavy atom. The predicted octanol–water partition coefficient (Wildman–Crippen LogP) is 2.57. The van der Waals surface area contributed by atoms with Crippen LogP contribution in [0.4, 0.5) is 5.82 Å². The van der Waals surface area contributed by atoms with Gasteiger partial charge in [0, 0.05) is 13.1 Å². The second-order valence-corrected chi connectivity index (χ2v) is 7.01. The molecule has 1 unspecified atom stereocenters. The van der Waals surface area contributed by atoms with E-state index in [9.17, 15) is 4.79 Å². The van der Waals surface area contributed by atoms with Gasteiger partial charge in [-0.05, 0) is 31.9 Å². The Labute approximate surface area is 160 Å². The molecule has 0 spiro atoms.